The first-order valence-electron chi connectivity index (χ1n) is 12.1. The van der Waals surface area contributed by atoms with Gasteiger partial charge in [0.1, 0.15) is 5.75 Å². The second-order valence-electron chi connectivity index (χ2n) is 8.32. The normalized spacial score (nSPS) is 11.8. The van der Waals surface area contributed by atoms with Crippen LogP contribution in [0.3, 0.4) is 0 Å². The molecule has 0 spiro atoms. The van der Waals surface area contributed by atoms with E-state index in [0.29, 0.717) is 17.4 Å². The number of aromatic nitrogens is 1. The lowest BCUT2D eigenvalue weighted by Gasteiger charge is -2.24. The number of ether oxygens (including phenoxy) is 1. The standard InChI is InChI=1S/C26H35N3O4S2/c1-5-20-10-15-23-24(19-20)34-26(27-23)29(17-16-28(6-2)7-3)25(30)9-8-18-35(31,32)22-13-11-21(33-4)12-14-22/h10-15,19H,5-9,16-18H2,1-4H3. The molecular formula is C26H35N3O4S2. The lowest BCUT2D eigenvalue weighted by Crippen LogP contribution is -2.38. The van der Waals surface area contributed by atoms with Gasteiger partial charge in [0.05, 0.1) is 28.0 Å². The fourth-order valence-corrected chi connectivity index (χ4v) is 6.23. The Morgan fingerprint density at radius 3 is 2.37 bits per heavy atom. The summed E-state index contributed by atoms with van der Waals surface area (Å²) in [6, 6.07) is 12.5. The summed E-state index contributed by atoms with van der Waals surface area (Å²) in [6.45, 7) is 9.37. The third-order valence-electron chi connectivity index (χ3n) is 6.14. The highest BCUT2D eigenvalue weighted by molar-refractivity contribution is 7.91. The number of aryl methyl sites for hydroxylation is 1. The highest BCUT2D eigenvalue weighted by Crippen LogP contribution is 2.30. The number of benzene rings is 2. The van der Waals surface area contributed by atoms with Crippen molar-refractivity contribution in [2.45, 2.75) is 44.9 Å². The van der Waals surface area contributed by atoms with Crippen LogP contribution < -0.4 is 9.64 Å². The molecule has 2 aromatic carbocycles. The topological polar surface area (TPSA) is 79.8 Å². The van der Waals surface area contributed by atoms with E-state index in [0.717, 1.165) is 36.3 Å². The number of rotatable bonds is 13. The number of fused-ring (bicyclic) bond motifs is 1. The average Bonchev–Trinajstić information content (AvgIpc) is 3.29. The van der Waals surface area contributed by atoms with Crippen LogP contribution in [0, 0.1) is 0 Å². The summed E-state index contributed by atoms with van der Waals surface area (Å²) < 4.78 is 31.6. The van der Waals surface area contributed by atoms with Gasteiger partial charge in [0.2, 0.25) is 5.91 Å². The van der Waals surface area contributed by atoms with Crippen molar-refractivity contribution in [3.63, 3.8) is 0 Å². The fraction of sp³-hybridized carbons (Fsp3) is 0.462. The predicted molar refractivity (Wildman–Crippen MR) is 143 cm³/mol. The lowest BCUT2D eigenvalue weighted by atomic mass is 10.2. The van der Waals surface area contributed by atoms with E-state index in [1.54, 1.807) is 17.0 Å². The Kier molecular flexibility index (Phi) is 9.65. The van der Waals surface area contributed by atoms with E-state index < -0.39 is 9.84 Å². The van der Waals surface area contributed by atoms with Gasteiger partial charge in [0.15, 0.2) is 15.0 Å². The van der Waals surface area contributed by atoms with Crippen molar-refractivity contribution in [1.82, 2.24) is 9.88 Å². The molecule has 0 aliphatic heterocycles. The summed E-state index contributed by atoms with van der Waals surface area (Å²) in [5, 5.41) is 0.670. The van der Waals surface area contributed by atoms with E-state index in [9.17, 15) is 13.2 Å². The predicted octanol–water partition coefficient (Wildman–Crippen LogP) is 4.80. The summed E-state index contributed by atoms with van der Waals surface area (Å²) in [5.74, 6) is 0.413. The molecule has 0 fully saturated rings. The van der Waals surface area contributed by atoms with Crippen LogP contribution in [0.5, 0.6) is 5.75 Å². The minimum absolute atomic E-state index is 0.0886. The van der Waals surface area contributed by atoms with Crippen molar-refractivity contribution >= 4 is 42.4 Å². The van der Waals surface area contributed by atoms with Gasteiger partial charge < -0.3 is 9.64 Å². The largest absolute Gasteiger partial charge is 0.497 e. The van der Waals surface area contributed by atoms with E-state index >= 15 is 0 Å². The first kappa shape index (κ1) is 27.1. The van der Waals surface area contributed by atoms with Crippen LogP contribution in [-0.2, 0) is 21.1 Å². The second kappa shape index (κ2) is 12.5. The maximum atomic E-state index is 13.3. The second-order valence-corrected chi connectivity index (χ2v) is 11.4. The first-order valence-corrected chi connectivity index (χ1v) is 14.6. The van der Waals surface area contributed by atoms with Crippen molar-refractivity contribution in [3.05, 3.63) is 48.0 Å². The van der Waals surface area contributed by atoms with E-state index in [2.05, 4.69) is 37.8 Å². The van der Waals surface area contributed by atoms with E-state index in [1.165, 1.54) is 36.1 Å². The Hall–Kier alpha value is -2.49. The number of hydrogen-bond acceptors (Lipinski definition) is 7. The fourth-order valence-electron chi connectivity index (χ4n) is 3.85. The molecule has 0 saturated heterocycles. The minimum Gasteiger partial charge on any atom is -0.497 e. The molecule has 0 radical (unpaired) electrons. The zero-order valence-electron chi connectivity index (χ0n) is 21.0. The van der Waals surface area contributed by atoms with Gasteiger partial charge in [-0.3, -0.25) is 9.69 Å². The number of nitrogens with zero attached hydrogens (tertiary/aromatic N) is 3. The van der Waals surface area contributed by atoms with E-state index in [4.69, 9.17) is 9.72 Å². The van der Waals surface area contributed by atoms with Crippen molar-refractivity contribution < 1.29 is 17.9 Å². The molecule has 1 heterocycles. The molecule has 0 saturated carbocycles. The SMILES string of the molecule is CCc1ccc2nc(N(CCN(CC)CC)C(=O)CCCS(=O)(=O)c3ccc(OC)cc3)sc2c1. The van der Waals surface area contributed by atoms with Gasteiger partial charge in [0.25, 0.3) is 0 Å². The van der Waals surface area contributed by atoms with Gasteiger partial charge in [-0.05, 0) is 67.9 Å². The number of thiazole rings is 1. The Bertz CT molecular complexity index is 1220. The summed E-state index contributed by atoms with van der Waals surface area (Å²) in [7, 11) is -1.94. The van der Waals surface area contributed by atoms with Gasteiger partial charge in [0, 0.05) is 19.5 Å². The van der Waals surface area contributed by atoms with Crippen LogP contribution in [0.2, 0.25) is 0 Å². The number of methoxy groups -OCH3 is 1. The summed E-state index contributed by atoms with van der Waals surface area (Å²) in [4.78, 5) is 22.3. The summed E-state index contributed by atoms with van der Waals surface area (Å²) in [6.07, 6.45) is 1.33. The van der Waals surface area contributed by atoms with Gasteiger partial charge in [-0.25, -0.2) is 13.4 Å². The van der Waals surface area contributed by atoms with Crippen molar-refractivity contribution in [3.8, 4) is 5.75 Å². The molecule has 1 amide bonds. The molecular weight excluding hydrogens is 482 g/mol. The van der Waals surface area contributed by atoms with Crippen LogP contribution in [0.25, 0.3) is 10.2 Å². The molecule has 0 bridgehead atoms. The van der Waals surface area contributed by atoms with E-state index in [-0.39, 0.29) is 29.4 Å². The number of carbonyl (C=O) groups is 1. The van der Waals surface area contributed by atoms with Gasteiger partial charge in [-0.1, -0.05) is 38.2 Å². The quantitative estimate of drug-likeness (QED) is 0.324. The van der Waals surface area contributed by atoms with Gasteiger partial charge >= 0.3 is 0 Å². The highest BCUT2D eigenvalue weighted by Gasteiger charge is 2.22. The van der Waals surface area contributed by atoms with Crippen molar-refractivity contribution in [2.75, 3.05) is 43.9 Å². The Balaban J connectivity index is 1.73. The molecule has 190 valence electrons. The Morgan fingerprint density at radius 1 is 1.03 bits per heavy atom. The number of sulfone groups is 1. The zero-order chi connectivity index (χ0) is 25.4. The minimum atomic E-state index is -3.48. The van der Waals surface area contributed by atoms with Crippen LogP contribution in [0.1, 0.15) is 39.2 Å². The number of carbonyl (C=O) groups excluding carboxylic acids is 1. The molecule has 0 aliphatic carbocycles. The van der Waals surface area contributed by atoms with E-state index in [1.807, 2.05) is 6.07 Å². The average molecular weight is 518 g/mol. The van der Waals surface area contributed by atoms with Crippen LogP contribution in [0.4, 0.5) is 5.13 Å². The molecule has 35 heavy (non-hydrogen) atoms. The molecule has 0 atom stereocenters. The van der Waals surface area contributed by atoms with Crippen molar-refractivity contribution in [1.29, 1.82) is 0 Å². The van der Waals surface area contributed by atoms with Crippen molar-refractivity contribution in [2.24, 2.45) is 0 Å². The Morgan fingerprint density at radius 2 is 1.74 bits per heavy atom. The molecule has 7 nitrogen and oxygen atoms in total. The molecule has 0 unspecified atom stereocenters. The summed E-state index contributed by atoms with van der Waals surface area (Å²) in [5.41, 5.74) is 2.11. The monoisotopic (exact) mass is 517 g/mol. The number of hydrogen-bond donors (Lipinski definition) is 0. The Labute approximate surface area is 212 Å². The van der Waals surface area contributed by atoms with Gasteiger partial charge in [-0.2, -0.15) is 0 Å². The third kappa shape index (κ3) is 7.02. The smallest absolute Gasteiger partial charge is 0.228 e. The molecule has 3 rings (SSSR count). The van der Waals surface area contributed by atoms with Crippen LogP contribution >= 0.6 is 11.3 Å². The third-order valence-corrected chi connectivity index (χ3v) is 9.00. The number of anilines is 1. The molecule has 9 heteroatoms. The molecule has 0 N–H and O–H groups in total. The van der Waals surface area contributed by atoms with Crippen LogP contribution in [0.15, 0.2) is 47.4 Å². The highest BCUT2D eigenvalue weighted by atomic mass is 32.2. The molecule has 0 aliphatic rings. The lowest BCUT2D eigenvalue weighted by molar-refractivity contribution is -0.118. The van der Waals surface area contributed by atoms with Crippen LogP contribution in [-0.4, -0.2) is 63.3 Å². The maximum Gasteiger partial charge on any atom is 0.228 e. The number of likely N-dealkylation sites (N-methyl/N-ethyl adjacent to an activating group) is 1. The molecule has 3 aromatic rings. The maximum absolute atomic E-state index is 13.3. The zero-order valence-corrected chi connectivity index (χ0v) is 22.6. The summed E-state index contributed by atoms with van der Waals surface area (Å²) >= 11 is 1.51. The first-order chi connectivity index (χ1) is 16.8. The molecule has 1 aromatic heterocycles. The number of amides is 1. The van der Waals surface area contributed by atoms with Gasteiger partial charge in [-0.15, -0.1) is 0 Å².